The minimum Gasteiger partial charge on any atom is -0.386 e. The van der Waals surface area contributed by atoms with Gasteiger partial charge in [0.2, 0.25) is 0 Å². The first-order valence-corrected chi connectivity index (χ1v) is 10.4. The molecule has 1 aromatic carbocycles. The maximum absolute atomic E-state index is 12.0. The number of fused-ring (bicyclic) bond motifs is 1. The number of hydrogen-bond donors (Lipinski definition) is 4. The fourth-order valence-corrected chi connectivity index (χ4v) is 3.77. The third-order valence-electron chi connectivity index (χ3n) is 4.17. The Morgan fingerprint density at radius 2 is 1.97 bits per heavy atom. The summed E-state index contributed by atoms with van der Waals surface area (Å²) in [5, 5.41) is 20.8. The highest BCUT2D eigenvalue weighted by molar-refractivity contribution is 14.0. The van der Waals surface area contributed by atoms with Crippen LogP contribution in [0.4, 0.5) is 0 Å². The number of aliphatic imine (C=N–C) groups is 1. The van der Waals surface area contributed by atoms with E-state index < -0.39 is 6.10 Å². The number of halogens is 1. The van der Waals surface area contributed by atoms with Crippen molar-refractivity contribution in [3.05, 3.63) is 65.3 Å². The molecule has 1 atom stereocenters. The van der Waals surface area contributed by atoms with Gasteiger partial charge in [-0.25, -0.2) is 0 Å². The van der Waals surface area contributed by atoms with E-state index in [-0.39, 0.29) is 36.4 Å². The van der Waals surface area contributed by atoms with Crippen LogP contribution in [0.25, 0.3) is 10.1 Å². The van der Waals surface area contributed by atoms with E-state index in [0.29, 0.717) is 31.2 Å². The summed E-state index contributed by atoms with van der Waals surface area (Å²) in [6.45, 7) is 3.88. The van der Waals surface area contributed by atoms with Gasteiger partial charge >= 0.3 is 0 Å². The maximum Gasteiger partial charge on any atom is 0.252 e. The number of benzene rings is 1. The number of nitrogens with zero attached hydrogens (tertiary/aromatic N) is 2. The van der Waals surface area contributed by atoms with Crippen LogP contribution in [0, 0.1) is 0 Å². The Labute approximate surface area is 197 Å². The number of pyridine rings is 1. The second-order valence-electron chi connectivity index (χ2n) is 6.35. The van der Waals surface area contributed by atoms with Crippen LogP contribution in [0.15, 0.2) is 59.9 Å². The molecular formula is C21H26IN5O2S. The molecule has 30 heavy (non-hydrogen) atoms. The Hall–Kier alpha value is -2.24. The van der Waals surface area contributed by atoms with Crippen LogP contribution in [-0.4, -0.2) is 48.1 Å². The molecule has 4 N–H and O–H groups in total. The number of aromatic nitrogens is 1. The Morgan fingerprint density at radius 3 is 2.70 bits per heavy atom. The zero-order valence-electron chi connectivity index (χ0n) is 16.7. The summed E-state index contributed by atoms with van der Waals surface area (Å²) >= 11 is 1.58. The fraction of sp³-hybridized carbons (Fsp3) is 0.286. The van der Waals surface area contributed by atoms with Gasteiger partial charge in [-0.05, 0) is 36.6 Å². The molecule has 3 aromatic rings. The SMILES string of the molecule is CCNC(=NCC(O)c1cc2ccccc2s1)NCCNC(=O)c1cccnc1.I. The van der Waals surface area contributed by atoms with Gasteiger partial charge < -0.3 is 21.1 Å². The van der Waals surface area contributed by atoms with Crippen molar-refractivity contribution >= 4 is 57.3 Å². The summed E-state index contributed by atoms with van der Waals surface area (Å²) in [6, 6.07) is 13.5. The third kappa shape index (κ3) is 6.92. The maximum atomic E-state index is 12.0. The van der Waals surface area contributed by atoms with Gasteiger partial charge in [0, 0.05) is 41.6 Å². The van der Waals surface area contributed by atoms with Gasteiger partial charge in [0.25, 0.3) is 5.91 Å². The van der Waals surface area contributed by atoms with E-state index in [1.54, 1.807) is 29.7 Å². The molecule has 2 heterocycles. The highest BCUT2D eigenvalue weighted by Crippen LogP contribution is 2.29. The van der Waals surface area contributed by atoms with E-state index >= 15 is 0 Å². The quantitative estimate of drug-likeness (QED) is 0.153. The van der Waals surface area contributed by atoms with Gasteiger partial charge in [0.15, 0.2) is 5.96 Å². The van der Waals surface area contributed by atoms with Gasteiger partial charge in [-0.3, -0.25) is 14.8 Å². The summed E-state index contributed by atoms with van der Waals surface area (Å²) in [5.41, 5.74) is 0.527. The lowest BCUT2D eigenvalue weighted by Gasteiger charge is -2.13. The number of aliphatic hydroxyl groups excluding tert-OH is 1. The normalized spacial score (nSPS) is 12.1. The van der Waals surface area contributed by atoms with Crippen molar-refractivity contribution in [3.63, 3.8) is 0 Å². The van der Waals surface area contributed by atoms with Crippen LogP contribution in [-0.2, 0) is 0 Å². The Balaban J connectivity index is 0.00000320. The molecule has 7 nitrogen and oxygen atoms in total. The molecule has 2 aromatic heterocycles. The number of carbonyl (C=O) groups is 1. The highest BCUT2D eigenvalue weighted by Gasteiger charge is 2.11. The largest absolute Gasteiger partial charge is 0.386 e. The number of hydrogen-bond acceptors (Lipinski definition) is 5. The molecule has 160 valence electrons. The molecule has 0 spiro atoms. The molecule has 0 saturated heterocycles. The van der Waals surface area contributed by atoms with Crippen LogP contribution in [0.3, 0.4) is 0 Å². The second-order valence-corrected chi connectivity index (χ2v) is 7.46. The molecule has 0 bridgehead atoms. The fourth-order valence-electron chi connectivity index (χ4n) is 2.73. The Morgan fingerprint density at radius 1 is 1.17 bits per heavy atom. The molecule has 1 unspecified atom stereocenters. The molecule has 0 fully saturated rings. The van der Waals surface area contributed by atoms with E-state index in [1.807, 2.05) is 37.3 Å². The van der Waals surface area contributed by atoms with E-state index in [9.17, 15) is 9.90 Å². The van der Waals surface area contributed by atoms with Crippen molar-refractivity contribution in [2.24, 2.45) is 4.99 Å². The van der Waals surface area contributed by atoms with Crippen LogP contribution in [0.1, 0.15) is 28.3 Å². The lowest BCUT2D eigenvalue weighted by atomic mass is 10.2. The molecule has 0 aliphatic rings. The molecule has 9 heteroatoms. The van der Waals surface area contributed by atoms with Crippen LogP contribution < -0.4 is 16.0 Å². The molecular weight excluding hydrogens is 513 g/mol. The summed E-state index contributed by atoms with van der Waals surface area (Å²) < 4.78 is 1.15. The number of aliphatic hydroxyl groups is 1. The molecule has 3 rings (SSSR count). The first kappa shape index (κ1) is 24.0. The minimum atomic E-state index is -0.659. The Bertz CT molecular complexity index is 931. The van der Waals surface area contributed by atoms with Gasteiger partial charge in [-0.1, -0.05) is 18.2 Å². The van der Waals surface area contributed by atoms with Crippen LogP contribution in [0.2, 0.25) is 0 Å². The number of carbonyl (C=O) groups excluding carboxylic acids is 1. The van der Waals surface area contributed by atoms with E-state index in [1.165, 1.54) is 6.20 Å². The van der Waals surface area contributed by atoms with E-state index in [2.05, 4.69) is 25.9 Å². The number of nitrogens with one attached hydrogen (secondary N) is 3. The van der Waals surface area contributed by atoms with Crippen molar-refractivity contribution < 1.29 is 9.90 Å². The first-order chi connectivity index (χ1) is 14.2. The molecule has 0 aliphatic heterocycles. The van der Waals surface area contributed by atoms with Gasteiger partial charge in [0.1, 0.15) is 6.10 Å². The molecule has 1 amide bonds. The van der Waals surface area contributed by atoms with Crippen molar-refractivity contribution in [2.75, 3.05) is 26.2 Å². The number of thiophene rings is 1. The monoisotopic (exact) mass is 539 g/mol. The molecule has 0 saturated carbocycles. The third-order valence-corrected chi connectivity index (χ3v) is 5.38. The van der Waals surface area contributed by atoms with Gasteiger partial charge in [-0.15, -0.1) is 35.3 Å². The summed E-state index contributed by atoms with van der Waals surface area (Å²) in [6.07, 6.45) is 2.50. The average molecular weight is 539 g/mol. The molecule has 0 aliphatic carbocycles. The van der Waals surface area contributed by atoms with E-state index in [4.69, 9.17) is 0 Å². The summed E-state index contributed by atoms with van der Waals surface area (Å²) in [4.78, 5) is 21.3. The lowest BCUT2D eigenvalue weighted by molar-refractivity contribution is 0.0954. The van der Waals surface area contributed by atoms with Crippen molar-refractivity contribution in [1.82, 2.24) is 20.9 Å². The van der Waals surface area contributed by atoms with Gasteiger partial charge in [0.05, 0.1) is 12.1 Å². The number of rotatable bonds is 8. The zero-order valence-corrected chi connectivity index (χ0v) is 19.8. The Kier molecular flexibility index (Phi) is 9.98. The lowest BCUT2D eigenvalue weighted by Crippen LogP contribution is -2.41. The zero-order chi connectivity index (χ0) is 20.5. The number of amides is 1. The molecule has 0 radical (unpaired) electrons. The number of guanidine groups is 1. The van der Waals surface area contributed by atoms with Gasteiger partial charge in [-0.2, -0.15) is 0 Å². The van der Waals surface area contributed by atoms with Crippen molar-refractivity contribution in [2.45, 2.75) is 13.0 Å². The predicted octanol–water partition coefficient (Wildman–Crippen LogP) is 2.93. The minimum absolute atomic E-state index is 0. The first-order valence-electron chi connectivity index (χ1n) is 9.54. The van der Waals surface area contributed by atoms with Crippen LogP contribution in [0.5, 0.6) is 0 Å². The second kappa shape index (κ2) is 12.5. The van der Waals surface area contributed by atoms with E-state index in [0.717, 1.165) is 15.0 Å². The van der Waals surface area contributed by atoms with Crippen molar-refractivity contribution in [3.8, 4) is 0 Å². The predicted molar refractivity (Wildman–Crippen MR) is 133 cm³/mol. The standard InChI is InChI=1S/C21H25N5O2S.HI/c1-2-23-21(25-11-10-24-20(28)16-7-5-9-22-13-16)26-14-17(27)19-12-15-6-3-4-8-18(15)29-19;/h3-9,12-13,17,27H,2,10-11,14H2,1H3,(H,24,28)(H2,23,25,26);1H. The smallest absolute Gasteiger partial charge is 0.252 e. The topological polar surface area (TPSA) is 98.6 Å². The van der Waals surface area contributed by atoms with Crippen molar-refractivity contribution in [1.29, 1.82) is 0 Å². The van der Waals surface area contributed by atoms with Crippen LogP contribution >= 0.6 is 35.3 Å². The average Bonchev–Trinajstić information content (AvgIpc) is 3.19. The highest BCUT2D eigenvalue weighted by atomic mass is 127. The summed E-state index contributed by atoms with van der Waals surface area (Å²) in [7, 11) is 0. The summed E-state index contributed by atoms with van der Waals surface area (Å²) in [5.74, 6) is 0.435.